The molecule has 0 unspecified atom stereocenters. The van der Waals surface area contributed by atoms with Crippen molar-refractivity contribution in [3.63, 3.8) is 0 Å². The van der Waals surface area contributed by atoms with Gasteiger partial charge in [-0.2, -0.15) is 0 Å². The van der Waals surface area contributed by atoms with Crippen molar-refractivity contribution in [2.75, 3.05) is 26.7 Å². The van der Waals surface area contributed by atoms with Gasteiger partial charge in [-0.15, -0.1) is 11.3 Å². The van der Waals surface area contributed by atoms with Crippen LogP contribution in [0.2, 0.25) is 0 Å². The van der Waals surface area contributed by atoms with Crippen LogP contribution >= 0.6 is 11.3 Å². The van der Waals surface area contributed by atoms with Gasteiger partial charge >= 0.3 is 0 Å². The van der Waals surface area contributed by atoms with Crippen molar-refractivity contribution in [1.29, 1.82) is 0 Å². The molecular weight excluding hydrogens is 384 g/mol. The average molecular weight is 419 g/mol. The Kier molecular flexibility index (Phi) is 8.06. The number of nitrogens with zero attached hydrogens (tertiary/aromatic N) is 4. The summed E-state index contributed by atoms with van der Waals surface area (Å²) in [4.78, 5) is 11.5. The molecule has 7 nitrogen and oxygen atoms in total. The molecule has 8 heteroatoms. The van der Waals surface area contributed by atoms with Gasteiger partial charge in [-0.25, -0.2) is 4.98 Å². The lowest BCUT2D eigenvalue weighted by Gasteiger charge is -2.31. The second kappa shape index (κ2) is 10.7. The van der Waals surface area contributed by atoms with Gasteiger partial charge in [0.05, 0.1) is 22.9 Å². The zero-order valence-corrected chi connectivity index (χ0v) is 18.9. The molecule has 3 rings (SSSR count). The highest BCUT2D eigenvalue weighted by Gasteiger charge is 2.20. The van der Waals surface area contributed by atoms with Crippen molar-refractivity contribution >= 4 is 17.3 Å². The normalized spacial score (nSPS) is 16.5. The molecule has 1 aliphatic rings. The van der Waals surface area contributed by atoms with Crippen LogP contribution in [0.3, 0.4) is 0 Å². The first-order valence-electron chi connectivity index (χ1n) is 10.6. The molecule has 2 aromatic heterocycles. The molecule has 0 aromatic carbocycles. The summed E-state index contributed by atoms with van der Waals surface area (Å²) >= 11 is 1.78. The largest absolute Gasteiger partial charge is 0.359 e. The number of aromatic nitrogens is 2. The highest BCUT2D eigenvalue weighted by Crippen LogP contribution is 2.19. The van der Waals surface area contributed by atoms with E-state index in [2.05, 4.69) is 51.8 Å². The van der Waals surface area contributed by atoms with Crippen molar-refractivity contribution in [1.82, 2.24) is 25.7 Å². The molecule has 1 fully saturated rings. The highest BCUT2D eigenvalue weighted by atomic mass is 32.1. The zero-order valence-electron chi connectivity index (χ0n) is 18.1. The first-order valence-corrected chi connectivity index (χ1v) is 11.5. The maximum absolute atomic E-state index is 5.38. The molecule has 1 saturated heterocycles. The average Bonchev–Trinajstić information content (AvgIpc) is 3.39. The molecular formula is C21H34N6OS. The number of hydrogen-bond donors (Lipinski definition) is 2. The van der Waals surface area contributed by atoms with Crippen LogP contribution < -0.4 is 10.6 Å². The van der Waals surface area contributed by atoms with E-state index in [0.717, 1.165) is 50.0 Å². The summed E-state index contributed by atoms with van der Waals surface area (Å²) in [6.07, 6.45) is 3.44. The second-order valence-corrected chi connectivity index (χ2v) is 8.93. The first kappa shape index (κ1) is 21.8. The van der Waals surface area contributed by atoms with Crippen molar-refractivity contribution in [3.05, 3.63) is 33.6 Å². The van der Waals surface area contributed by atoms with E-state index in [4.69, 9.17) is 9.51 Å². The summed E-state index contributed by atoms with van der Waals surface area (Å²) < 4.78 is 5.38. The quantitative estimate of drug-likeness (QED) is 0.505. The molecule has 0 bridgehead atoms. The minimum Gasteiger partial charge on any atom is -0.359 e. The van der Waals surface area contributed by atoms with Crippen molar-refractivity contribution in [3.8, 4) is 0 Å². The Morgan fingerprint density at radius 1 is 1.34 bits per heavy atom. The molecule has 29 heavy (non-hydrogen) atoms. The SMILES string of the molecule is CCc1nc(CN2CCC(CNC(=NC)NCc3cc(C(C)C)no3)CC2)cs1. The van der Waals surface area contributed by atoms with Gasteiger partial charge in [0.15, 0.2) is 11.7 Å². The summed E-state index contributed by atoms with van der Waals surface area (Å²) in [5.74, 6) is 2.69. The van der Waals surface area contributed by atoms with E-state index < -0.39 is 0 Å². The van der Waals surface area contributed by atoms with Crippen LogP contribution in [0.25, 0.3) is 0 Å². The lowest BCUT2D eigenvalue weighted by Crippen LogP contribution is -2.42. The van der Waals surface area contributed by atoms with Gasteiger partial charge in [-0.3, -0.25) is 9.89 Å². The highest BCUT2D eigenvalue weighted by molar-refractivity contribution is 7.09. The molecule has 160 valence electrons. The molecule has 2 N–H and O–H groups in total. The lowest BCUT2D eigenvalue weighted by atomic mass is 9.97. The van der Waals surface area contributed by atoms with Gasteiger partial charge < -0.3 is 15.2 Å². The van der Waals surface area contributed by atoms with Gasteiger partial charge in [-0.05, 0) is 44.2 Å². The smallest absolute Gasteiger partial charge is 0.191 e. The van der Waals surface area contributed by atoms with E-state index in [1.54, 1.807) is 18.4 Å². The molecule has 0 aliphatic carbocycles. The van der Waals surface area contributed by atoms with Gasteiger partial charge in [-0.1, -0.05) is 25.9 Å². The van der Waals surface area contributed by atoms with Crippen LogP contribution in [0, 0.1) is 5.92 Å². The maximum atomic E-state index is 5.38. The minimum atomic E-state index is 0.375. The van der Waals surface area contributed by atoms with Crippen molar-refractivity contribution in [2.45, 2.75) is 59.0 Å². The fourth-order valence-electron chi connectivity index (χ4n) is 3.48. The Bertz CT molecular complexity index is 776. The van der Waals surface area contributed by atoms with E-state index in [1.165, 1.54) is 23.5 Å². The van der Waals surface area contributed by atoms with E-state index >= 15 is 0 Å². The standard InChI is InChI=1S/C21H34N6OS/c1-5-20-25-17(14-29-20)13-27-8-6-16(7-9-27)11-23-21(22-4)24-12-18-10-19(15(2)3)26-28-18/h10,14-16H,5-9,11-13H2,1-4H3,(H2,22,23,24). The third-order valence-corrected chi connectivity index (χ3v) is 6.42. The number of hydrogen-bond acceptors (Lipinski definition) is 6. The van der Waals surface area contributed by atoms with Crippen LogP contribution in [0.1, 0.15) is 61.7 Å². The van der Waals surface area contributed by atoms with Gasteiger partial charge in [0.1, 0.15) is 0 Å². The van der Waals surface area contributed by atoms with Crippen molar-refractivity contribution in [2.24, 2.45) is 10.9 Å². The topological polar surface area (TPSA) is 78.6 Å². The zero-order chi connectivity index (χ0) is 20.6. The summed E-state index contributed by atoms with van der Waals surface area (Å²) in [5, 5.41) is 14.3. The summed E-state index contributed by atoms with van der Waals surface area (Å²) in [6.45, 7) is 11.2. The summed E-state index contributed by atoms with van der Waals surface area (Å²) in [5.41, 5.74) is 2.21. The van der Waals surface area contributed by atoms with Gasteiger partial charge in [0.2, 0.25) is 0 Å². The Labute approximate surface area is 178 Å². The minimum absolute atomic E-state index is 0.375. The predicted molar refractivity (Wildman–Crippen MR) is 118 cm³/mol. The van der Waals surface area contributed by atoms with E-state index in [1.807, 2.05) is 6.07 Å². The molecule has 1 aliphatic heterocycles. The number of thiazole rings is 1. The molecule has 2 aromatic rings. The van der Waals surface area contributed by atoms with Crippen LogP contribution in [0.15, 0.2) is 21.0 Å². The van der Waals surface area contributed by atoms with Crippen LogP contribution in [-0.2, 0) is 19.5 Å². The molecule has 0 amide bonds. The molecule has 0 atom stereocenters. The van der Waals surface area contributed by atoms with Gasteiger partial charge in [0.25, 0.3) is 0 Å². The summed E-state index contributed by atoms with van der Waals surface area (Å²) in [7, 11) is 1.80. The van der Waals surface area contributed by atoms with Crippen LogP contribution in [-0.4, -0.2) is 47.7 Å². The Hall–Kier alpha value is -1.93. The van der Waals surface area contributed by atoms with E-state index in [0.29, 0.717) is 18.4 Å². The summed E-state index contributed by atoms with van der Waals surface area (Å²) in [6, 6.07) is 2.01. The first-order chi connectivity index (χ1) is 14.1. The maximum Gasteiger partial charge on any atom is 0.191 e. The third kappa shape index (κ3) is 6.54. The van der Waals surface area contributed by atoms with Crippen LogP contribution in [0.5, 0.6) is 0 Å². The van der Waals surface area contributed by atoms with Crippen molar-refractivity contribution < 1.29 is 4.52 Å². The number of guanidine groups is 1. The second-order valence-electron chi connectivity index (χ2n) is 7.99. The predicted octanol–water partition coefficient (Wildman–Crippen LogP) is 3.39. The molecule has 0 radical (unpaired) electrons. The lowest BCUT2D eigenvalue weighted by molar-refractivity contribution is 0.176. The number of piperidine rings is 1. The number of aliphatic imine (C=N–C) groups is 1. The Balaban J connectivity index is 1.36. The van der Waals surface area contributed by atoms with E-state index in [-0.39, 0.29) is 0 Å². The molecule has 0 saturated carbocycles. The van der Waals surface area contributed by atoms with Gasteiger partial charge in [0, 0.05) is 31.6 Å². The fourth-order valence-corrected chi connectivity index (χ4v) is 4.21. The monoisotopic (exact) mass is 418 g/mol. The molecule has 0 spiro atoms. The fraction of sp³-hybridized carbons (Fsp3) is 0.667. The number of nitrogens with one attached hydrogen (secondary N) is 2. The van der Waals surface area contributed by atoms with E-state index in [9.17, 15) is 0 Å². The number of likely N-dealkylation sites (tertiary alicyclic amines) is 1. The molecule has 3 heterocycles. The Morgan fingerprint density at radius 3 is 2.76 bits per heavy atom. The van der Waals surface area contributed by atoms with Crippen LogP contribution in [0.4, 0.5) is 0 Å². The third-order valence-electron chi connectivity index (χ3n) is 5.38. The number of aryl methyl sites for hydroxylation is 1. The number of rotatable bonds is 8. The Morgan fingerprint density at radius 2 is 2.14 bits per heavy atom.